The molecule has 5 nitrogen and oxygen atoms in total. The maximum atomic E-state index is 11.9. The molecule has 0 atom stereocenters. The van der Waals surface area contributed by atoms with Gasteiger partial charge in [0.05, 0.1) is 6.61 Å². The fourth-order valence-corrected chi connectivity index (χ4v) is 2.06. The molecule has 0 saturated heterocycles. The van der Waals surface area contributed by atoms with E-state index in [4.69, 9.17) is 9.15 Å². The number of ether oxygens (including phenoxy) is 1. The Hall–Kier alpha value is -2.21. The van der Waals surface area contributed by atoms with Gasteiger partial charge < -0.3 is 9.15 Å². The van der Waals surface area contributed by atoms with Crippen molar-refractivity contribution in [1.82, 2.24) is 0 Å². The van der Waals surface area contributed by atoms with Crippen LogP contribution in [-0.4, -0.2) is 18.5 Å². The van der Waals surface area contributed by atoms with E-state index in [-0.39, 0.29) is 17.2 Å². The third-order valence-electron chi connectivity index (χ3n) is 2.43. The molecule has 2 aromatic rings. The lowest BCUT2D eigenvalue weighted by Crippen LogP contribution is -2.05. The minimum absolute atomic E-state index is 0.0484. The van der Waals surface area contributed by atoms with Gasteiger partial charge in [-0.25, -0.2) is 4.79 Å². The maximum absolute atomic E-state index is 11.9. The molecule has 1 aromatic carbocycles. The van der Waals surface area contributed by atoms with Crippen LogP contribution in [0.2, 0.25) is 0 Å². The van der Waals surface area contributed by atoms with Crippen molar-refractivity contribution in [2.45, 2.75) is 13.8 Å². The summed E-state index contributed by atoms with van der Waals surface area (Å²) in [5.74, 6) is -0.925. The Morgan fingerprint density at radius 3 is 2.65 bits per heavy atom. The van der Waals surface area contributed by atoms with Crippen LogP contribution in [0.3, 0.4) is 0 Å². The van der Waals surface area contributed by atoms with Crippen molar-refractivity contribution in [2.75, 3.05) is 6.61 Å². The molecule has 1 amide bonds. The van der Waals surface area contributed by atoms with Crippen LogP contribution in [0.15, 0.2) is 39.1 Å². The van der Waals surface area contributed by atoms with E-state index >= 15 is 0 Å². The molecule has 1 aromatic heterocycles. The summed E-state index contributed by atoms with van der Waals surface area (Å²) in [6.45, 7) is 3.90. The second-order valence-electron chi connectivity index (χ2n) is 3.97. The van der Waals surface area contributed by atoms with Gasteiger partial charge in [-0.1, -0.05) is 29.0 Å². The van der Waals surface area contributed by atoms with Gasteiger partial charge in [0.25, 0.3) is 10.8 Å². The fourth-order valence-electron chi connectivity index (χ4n) is 1.43. The normalized spacial score (nSPS) is 11.4. The number of hydrogen-bond acceptors (Lipinski definition) is 5. The lowest BCUT2D eigenvalue weighted by atomic mass is 10.1. The van der Waals surface area contributed by atoms with Crippen molar-refractivity contribution in [3.63, 3.8) is 0 Å². The van der Waals surface area contributed by atoms with Crippen LogP contribution < -0.4 is 4.87 Å². The van der Waals surface area contributed by atoms with Crippen molar-refractivity contribution >= 4 is 23.2 Å². The molecule has 0 unspecified atom stereocenters. The van der Waals surface area contributed by atoms with Crippen molar-refractivity contribution < 1.29 is 18.7 Å². The minimum Gasteiger partial charge on any atom is -0.460 e. The number of rotatable bonds is 3. The van der Waals surface area contributed by atoms with Crippen LogP contribution in [0.5, 0.6) is 0 Å². The van der Waals surface area contributed by atoms with E-state index in [0.29, 0.717) is 5.56 Å². The van der Waals surface area contributed by atoms with Gasteiger partial charge in [0, 0.05) is 10.9 Å². The average molecular weight is 291 g/mol. The quantitative estimate of drug-likeness (QED) is 0.815. The molecule has 6 heteroatoms. The summed E-state index contributed by atoms with van der Waals surface area (Å²) >= 11 is 1.07. The first-order valence-electron chi connectivity index (χ1n) is 6.01. The van der Waals surface area contributed by atoms with Crippen LogP contribution in [0.1, 0.15) is 33.4 Å². The van der Waals surface area contributed by atoms with Gasteiger partial charge >= 0.3 is 5.97 Å². The number of esters is 1. The summed E-state index contributed by atoms with van der Waals surface area (Å²) < 4.78 is 9.96. The monoisotopic (exact) mass is 291 g/mol. The summed E-state index contributed by atoms with van der Waals surface area (Å²) in [7, 11) is 0. The van der Waals surface area contributed by atoms with Crippen LogP contribution in [0.4, 0.5) is 0 Å². The van der Waals surface area contributed by atoms with E-state index in [0.717, 1.165) is 16.9 Å². The second-order valence-corrected chi connectivity index (χ2v) is 4.79. The van der Waals surface area contributed by atoms with Gasteiger partial charge in [-0.2, -0.15) is 4.99 Å². The summed E-state index contributed by atoms with van der Waals surface area (Å²) in [5.41, 5.74) is 1.53. The fraction of sp³-hybridized carbons (Fsp3) is 0.214. The molecule has 104 valence electrons. The smallest absolute Gasteiger partial charge is 0.375 e. The van der Waals surface area contributed by atoms with Crippen molar-refractivity contribution in [3.8, 4) is 0 Å². The molecule has 2 rings (SSSR count). The summed E-state index contributed by atoms with van der Waals surface area (Å²) in [6.07, 6.45) is 0. The van der Waals surface area contributed by atoms with Gasteiger partial charge in [0.2, 0.25) is 5.76 Å². The largest absolute Gasteiger partial charge is 0.460 e. The van der Waals surface area contributed by atoms with E-state index in [1.54, 1.807) is 19.1 Å². The molecular formula is C14H13NO4S. The van der Waals surface area contributed by atoms with E-state index in [2.05, 4.69) is 4.99 Å². The number of amides is 1. The highest BCUT2D eigenvalue weighted by molar-refractivity contribution is 7.07. The topological polar surface area (TPSA) is 68.9 Å². The number of carbonyl (C=O) groups is 2. The Balaban J connectivity index is 2.21. The highest BCUT2D eigenvalue weighted by Crippen LogP contribution is 2.06. The zero-order valence-corrected chi connectivity index (χ0v) is 11.9. The minimum atomic E-state index is -0.562. The lowest BCUT2D eigenvalue weighted by Gasteiger charge is -1.95. The number of nitrogens with zero attached hydrogens (tertiary/aromatic N) is 1. The third-order valence-corrected chi connectivity index (χ3v) is 3.14. The molecular weight excluding hydrogens is 278 g/mol. The SMILES string of the molecule is CCOC(=O)c1csc(=NC(=O)c2ccc(C)cc2)o1. The number of benzene rings is 1. The van der Waals surface area contributed by atoms with E-state index in [1.807, 2.05) is 19.1 Å². The van der Waals surface area contributed by atoms with E-state index < -0.39 is 11.9 Å². The van der Waals surface area contributed by atoms with Gasteiger partial charge in [0.15, 0.2) is 0 Å². The molecule has 20 heavy (non-hydrogen) atoms. The predicted molar refractivity (Wildman–Crippen MR) is 73.6 cm³/mol. The Labute approximate surface area is 119 Å². The average Bonchev–Trinajstić information content (AvgIpc) is 2.88. The number of aryl methyl sites for hydroxylation is 1. The zero-order chi connectivity index (χ0) is 14.5. The highest BCUT2D eigenvalue weighted by atomic mass is 32.1. The van der Waals surface area contributed by atoms with Gasteiger partial charge in [-0.3, -0.25) is 4.79 Å². The summed E-state index contributed by atoms with van der Waals surface area (Å²) in [5, 5.41) is 1.47. The van der Waals surface area contributed by atoms with Gasteiger partial charge in [-0.05, 0) is 26.0 Å². The molecule has 0 saturated carbocycles. The van der Waals surface area contributed by atoms with Gasteiger partial charge in [-0.15, -0.1) is 0 Å². The second kappa shape index (κ2) is 6.29. The molecule has 0 N–H and O–H groups in total. The van der Waals surface area contributed by atoms with Crippen molar-refractivity contribution in [1.29, 1.82) is 0 Å². The first kappa shape index (κ1) is 14.2. The summed E-state index contributed by atoms with van der Waals surface area (Å²) in [4.78, 5) is 27.3. The zero-order valence-electron chi connectivity index (χ0n) is 11.1. The Morgan fingerprint density at radius 2 is 2.00 bits per heavy atom. The molecule has 0 bridgehead atoms. The van der Waals surface area contributed by atoms with Crippen LogP contribution in [0, 0.1) is 6.92 Å². The highest BCUT2D eigenvalue weighted by Gasteiger charge is 2.11. The third kappa shape index (κ3) is 3.42. The first-order valence-corrected chi connectivity index (χ1v) is 6.89. The predicted octanol–water partition coefficient (Wildman–Crippen LogP) is 2.57. The Bertz CT molecular complexity index is 682. The molecule has 0 fully saturated rings. The van der Waals surface area contributed by atoms with E-state index in [1.165, 1.54) is 5.38 Å². The summed E-state index contributed by atoms with van der Waals surface area (Å²) in [6, 6.07) is 7.05. The molecule has 1 heterocycles. The van der Waals surface area contributed by atoms with Crippen LogP contribution in [0.25, 0.3) is 0 Å². The Kier molecular flexibility index (Phi) is 4.47. The van der Waals surface area contributed by atoms with Crippen molar-refractivity contribution in [2.24, 2.45) is 4.99 Å². The first-order chi connectivity index (χ1) is 9.60. The maximum Gasteiger partial charge on any atom is 0.375 e. The molecule has 0 aliphatic carbocycles. The molecule has 0 spiro atoms. The molecule has 0 aliphatic rings. The van der Waals surface area contributed by atoms with Gasteiger partial charge in [0.1, 0.15) is 0 Å². The lowest BCUT2D eigenvalue weighted by molar-refractivity contribution is 0.0486. The molecule has 0 radical (unpaired) electrons. The molecule has 0 aliphatic heterocycles. The number of hydrogen-bond donors (Lipinski definition) is 0. The standard InChI is InChI=1S/C14H13NO4S/c1-3-18-13(17)11-8-20-14(19-11)15-12(16)10-6-4-9(2)5-7-10/h4-8H,3H2,1-2H3. The van der Waals surface area contributed by atoms with Crippen LogP contribution in [-0.2, 0) is 4.74 Å². The Morgan fingerprint density at radius 1 is 1.30 bits per heavy atom. The number of carbonyl (C=O) groups excluding carboxylic acids is 2. The van der Waals surface area contributed by atoms with Crippen molar-refractivity contribution in [3.05, 3.63) is 51.4 Å². The van der Waals surface area contributed by atoms with Crippen LogP contribution >= 0.6 is 11.3 Å². The van der Waals surface area contributed by atoms with E-state index in [9.17, 15) is 9.59 Å².